The highest BCUT2D eigenvalue weighted by Gasteiger charge is 2.50. The molecule has 2 rings (SSSR count). The van der Waals surface area contributed by atoms with Crippen LogP contribution in [0.5, 0.6) is 5.75 Å². The van der Waals surface area contributed by atoms with Gasteiger partial charge in [0.15, 0.2) is 17.4 Å². The molecule has 0 aliphatic carbocycles. The fourth-order valence-corrected chi connectivity index (χ4v) is 2.17. The second-order valence-corrected chi connectivity index (χ2v) is 5.98. The third kappa shape index (κ3) is 2.67. The molecule has 0 N–H and O–H groups in total. The number of halogens is 2. The average Bonchev–Trinajstić information content (AvgIpc) is 2.46. The van der Waals surface area contributed by atoms with Crippen molar-refractivity contribution in [3.05, 3.63) is 29.3 Å². The molecule has 1 aromatic rings. The van der Waals surface area contributed by atoms with E-state index in [-0.39, 0.29) is 12.1 Å². The number of hydrogen-bond acceptors (Lipinski definition) is 3. The maximum Gasteiger partial charge on any atom is 0.462 e. The normalized spacial score (nSPS) is 20.2. The molecule has 0 bridgehead atoms. The van der Waals surface area contributed by atoms with Crippen LogP contribution in [0.25, 0.3) is 0 Å². The van der Waals surface area contributed by atoms with Gasteiger partial charge >= 0.3 is 7.12 Å². The summed E-state index contributed by atoms with van der Waals surface area (Å²) in [4.78, 5) is 0. The van der Waals surface area contributed by atoms with Crippen LogP contribution in [-0.2, 0) is 15.6 Å². The van der Waals surface area contributed by atoms with Crippen molar-refractivity contribution in [2.45, 2.75) is 45.2 Å². The summed E-state index contributed by atoms with van der Waals surface area (Å²) < 4.78 is 43.6. The lowest BCUT2D eigenvalue weighted by Gasteiger charge is -2.32. The Balaban J connectivity index is 2.17. The van der Waals surface area contributed by atoms with E-state index in [2.05, 4.69) is 4.74 Å². The number of hydrogen-bond donors (Lipinski definition) is 0. The van der Waals surface area contributed by atoms with E-state index >= 15 is 0 Å². The quantitative estimate of drug-likeness (QED) is 0.798. The predicted octanol–water partition coefficient (Wildman–Crippen LogP) is 3.15. The number of methoxy groups -OCH3 is 1. The van der Waals surface area contributed by atoms with Gasteiger partial charge in [-0.05, 0) is 45.4 Å². The molecule has 110 valence electrons. The molecule has 1 saturated heterocycles. The molecule has 0 unspecified atom stereocenters. The van der Waals surface area contributed by atoms with Crippen molar-refractivity contribution in [2.75, 3.05) is 7.11 Å². The zero-order valence-electron chi connectivity index (χ0n) is 12.4. The first-order chi connectivity index (χ1) is 9.16. The topological polar surface area (TPSA) is 27.7 Å². The van der Waals surface area contributed by atoms with Crippen molar-refractivity contribution in [2.24, 2.45) is 0 Å². The van der Waals surface area contributed by atoms with E-state index in [1.165, 1.54) is 19.2 Å². The van der Waals surface area contributed by atoms with E-state index in [1.807, 2.05) is 27.7 Å². The van der Waals surface area contributed by atoms with E-state index in [0.29, 0.717) is 5.56 Å². The minimum atomic E-state index is -0.723. The van der Waals surface area contributed by atoms with Gasteiger partial charge in [0.25, 0.3) is 0 Å². The fourth-order valence-electron chi connectivity index (χ4n) is 2.17. The molecule has 1 aliphatic rings. The van der Waals surface area contributed by atoms with Gasteiger partial charge in [-0.3, -0.25) is 0 Å². The molecular weight excluding hydrogens is 265 g/mol. The summed E-state index contributed by atoms with van der Waals surface area (Å²) in [6.07, 6.45) is 0.282. The standard InChI is InChI=1S/C14H19BF2O3/c1-13(2)14(3,4)20-15(19-13)8-9-6-10(16)12(18-5)11(17)7-9/h6-7H,8H2,1-5H3. The maximum atomic E-state index is 13.6. The van der Waals surface area contributed by atoms with Crippen LogP contribution >= 0.6 is 0 Å². The molecule has 0 spiro atoms. The highest BCUT2D eigenvalue weighted by atomic mass is 19.1. The zero-order chi connectivity index (χ0) is 15.1. The molecule has 6 heteroatoms. The van der Waals surface area contributed by atoms with Gasteiger partial charge in [-0.1, -0.05) is 0 Å². The SMILES string of the molecule is COc1c(F)cc(CB2OC(C)(C)C(C)(C)O2)cc1F. The van der Waals surface area contributed by atoms with Gasteiger partial charge in [0.2, 0.25) is 0 Å². The molecule has 0 atom stereocenters. The molecular formula is C14H19BF2O3. The van der Waals surface area contributed by atoms with E-state index in [1.54, 1.807) is 0 Å². The molecule has 0 saturated carbocycles. The van der Waals surface area contributed by atoms with Crippen molar-refractivity contribution in [1.29, 1.82) is 0 Å². The van der Waals surface area contributed by atoms with Crippen LogP contribution in [0.4, 0.5) is 8.78 Å². The Morgan fingerprint density at radius 3 is 1.90 bits per heavy atom. The molecule has 0 radical (unpaired) electrons. The summed E-state index contributed by atoms with van der Waals surface area (Å²) in [5.41, 5.74) is -0.443. The van der Waals surface area contributed by atoms with Crippen LogP contribution in [0.15, 0.2) is 12.1 Å². The Labute approximate surface area is 118 Å². The lowest BCUT2D eigenvalue weighted by atomic mass is 9.80. The molecule has 1 fully saturated rings. The predicted molar refractivity (Wildman–Crippen MR) is 72.7 cm³/mol. The van der Waals surface area contributed by atoms with E-state index in [0.717, 1.165) is 0 Å². The van der Waals surface area contributed by atoms with Crippen LogP contribution < -0.4 is 4.74 Å². The van der Waals surface area contributed by atoms with E-state index < -0.39 is 30.0 Å². The van der Waals surface area contributed by atoms with E-state index in [4.69, 9.17) is 9.31 Å². The largest absolute Gasteiger partial charge is 0.491 e. The third-order valence-electron chi connectivity index (χ3n) is 3.97. The van der Waals surface area contributed by atoms with E-state index in [9.17, 15) is 8.78 Å². The highest BCUT2D eigenvalue weighted by molar-refractivity contribution is 6.45. The van der Waals surface area contributed by atoms with Crippen molar-refractivity contribution < 1.29 is 22.8 Å². The fraction of sp³-hybridized carbons (Fsp3) is 0.571. The van der Waals surface area contributed by atoms with Gasteiger partial charge in [0.05, 0.1) is 18.3 Å². The molecule has 1 heterocycles. The van der Waals surface area contributed by atoms with Gasteiger partial charge in [0, 0.05) is 6.32 Å². The smallest absolute Gasteiger partial charge is 0.462 e. The molecule has 20 heavy (non-hydrogen) atoms. The Morgan fingerprint density at radius 1 is 1.05 bits per heavy atom. The van der Waals surface area contributed by atoms with Crippen molar-refractivity contribution in [3.8, 4) is 5.75 Å². The summed E-state index contributed by atoms with van der Waals surface area (Å²) in [6.45, 7) is 7.73. The van der Waals surface area contributed by atoms with Gasteiger partial charge < -0.3 is 14.0 Å². The summed E-state index contributed by atoms with van der Waals surface area (Å²) in [5, 5.41) is 0. The lowest BCUT2D eigenvalue weighted by Crippen LogP contribution is -2.41. The van der Waals surface area contributed by atoms with Crippen LogP contribution in [0.1, 0.15) is 33.3 Å². The Bertz CT molecular complexity index is 478. The Hall–Kier alpha value is -1.14. The Morgan fingerprint density at radius 2 is 1.50 bits per heavy atom. The first-order valence-corrected chi connectivity index (χ1v) is 6.54. The third-order valence-corrected chi connectivity index (χ3v) is 3.97. The summed E-state index contributed by atoms with van der Waals surface area (Å²) in [6, 6.07) is 2.49. The highest BCUT2D eigenvalue weighted by Crippen LogP contribution is 2.37. The van der Waals surface area contributed by atoms with Gasteiger partial charge in [-0.25, -0.2) is 8.78 Å². The second kappa shape index (κ2) is 5.00. The first-order valence-electron chi connectivity index (χ1n) is 6.54. The summed E-state index contributed by atoms with van der Waals surface area (Å²) in [5.74, 6) is -1.82. The molecule has 0 amide bonds. The molecule has 1 aliphatic heterocycles. The zero-order valence-corrected chi connectivity index (χ0v) is 12.4. The second-order valence-electron chi connectivity index (χ2n) is 5.98. The number of ether oxygens (including phenoxy) is 1. The Kier molecular flexibility index (Phi) is 3.82. The average molecular weight is 284 g/mol. The van der Waals surface area contributed by atoms with Gasteiger partial charge in [-0.2, -0.15) is 0 Å². The monoisotopic (exact) mass is 284 g/mol. The van der Waals surface area contributed by atoms with Gasteiger partial charge in [-0.15, -0.1) is 0 Å². The van der Waals surface area contributed by atoms with Crippen LogP contribution in [-0.4, -0.2) is 25.4 Å². The van der Waals surface area contributed by atoms with Crippen LogP contribution in [0, 0.1) is 11.6 Å². The molecule has 1 aromatic carbocycles. The number of rotatable bonds is 3. The van der Waals surface area contributed by atoms with Crippen LogP contribution in [0.2, 0.25) is 0 Å². The molecule has 3 nitrogen and oxygen atoms in total. The summed E-state index contributed by atoms with van der Waals surface area (Å²) >= 11 is 0. The first kappa shape index (κ1) is 15.3. The minimum absolute atomic E-state index is 0.282. The van der Waals surface area contributed by atoms with Gasteiger partial charge in [0.1, 0.15) is 0 Å². The minimum Gasteiger partial charge on any atom is -0.491 e. The molecule has 0 aromatic heterocycles. The van der Waals surface area contributed by atoms with Crippen LogP contribution in [0.3, 0.4) is 0 Å². The van der Waals surface area contributed by atoms with Crippen molar-refractivity contribution in [3.63, 3.8) is 0 Å². The summed E-state index contributed by atoms with van der Waals surface area (Å²) in [7, 11) is 0.710. The van der Waals surface area contributed by atoms with Crippen molar-refractivity contribution in [1.82, 2.24) is 0 Å². The maximum absolute atomic E-state index is 13.6. The number of benzene rings is 1. The van der Waals surface area contributed by atoms with Crippen molar-refractivity contribution >= 4 is 7.12 Å². The lowest BCUT2D eigenvalue weighted by molar-refractivity contribution is 0.00578.